The number of sulfonamides is 1. The molecule has 0 aromatic heterocycles. The molecule has 0 radical (unpaired) electrons. The predicted octanol–water partition coefficient (Wildman–Crippen LogP) is 0.692. The number of hydrogen-bond acceptors (Lipinski definition) is 4. The Kier molecular flexibility index (Phi) is 4.25. The highest BCUT2D eigenvalue weighted by atomic mass is 32.2. The van der Waals surface area contributed by atoms with Gasteiger partial charge in [0.15, 0.2) is 5.25 Å². The molecule has 6 heteroatoms. The Morgan fingerprint density at radius 3 is 2.44 bits per heavy atom. The number of hydrogen-bond donors (Lipinski definition) is 1. The maximum Gasteiger partial charge on any atom is 0.230 e. The van der Waals surface area contributed by atoms with Crippen LogP contribution in [0, 0.1) is 17.2 Å². The van der Waals surface area contributed by atoms with Crippen LogP contribution >= 0.6 is 0 Å². The van der Waals surface area contributed by atoms with Crippen LogP contribution in [0.4, 0.5) is 0 Å². The van der Waals surface area contributed by atoms with Gasteiger partial charge in [0.2, 0.25) is 10.0 Å². The van der Waals surface area contributed by atoms with Gasteiger partial charge in [0.1, 0.15) is 0 Å². The molecule has 18 heavy (non-hydrogen) atoms. The van der Waals surface area contributed by atoms with E-state index in [0.717, 1.165) is 38.8 Å². The third-order valence-corrected chi connectivity index (χ3v) is 5.91. The Balaban J connectivity index is 2.06. The lowest BCUT2D eigenvalue weighted by molar-refractivity contribution is 0.282. The normalized spacial score (nSPS) is 23.8. The SMILES string of the molecule is CC(C#N)S(=O)(=O)N(CC1CCNCC1)C1CC1. The Bertz CT molecular complexity index is 419. The molecule has 1 aliphatic carbocycles. The van der Waals surface area contributed by atoms with Gasteiger partial charge in [-0.25, -0.2) is 8.42 Å². The lowest BCUT2D eigenvalue weighted by Crippen LogP contribution is -2.43. The van der Waals surface area contributed by atoms with Crippen molar-refractivity contribution in [1.29, 1.82) is 5.26 Å². The van der Waals surface area contributed by atoms with Gasteiger partial charge in [-0.3, -0.25) is 0 Å². The van der Waals surface area contributed by atoms with Crippen LogP contribution in [0.3, 0.4) is 0 Å². The summed E-state index contributed by atoms with van der Waals surface area (Å²) in [5.74, 6) is 0.438. The molecule has 0 bridgehead atoms. The van der Waals surface area contributed by atoms with E-state index in [1.165, 1.54) is 6.92 Å². The minimum absolute atomic E-state index is 0.153. The highest BCUT2D eigenvalue weighted by Crippen LogP contribution is 2.32. The summed E-state index contributed by atoms with van der Waals surface area (Å²) >= 11 is 0. The van der Waals surface area contributed by atoms with Crippen LogP contribution in [0.2, 0.25) is 0 Å². The molecule has 1 heterocycles. The first-order valence-corrected chi connectivity index (χ1v) is 8.17. The minimum Gasteiger partial charge on any atom is -0.317 e. The fraction of sp³-hybridized carbons (Fsp3) is 0.917. The molecule has 1 N–H and O–H groups in total. The highest BCUT2D eigenvalue weighted by Gasteiger charge is 2.41. The molecular weight excluding hydrogens is 250 g/mol. The van der Waals surface area contributed by atoms with Crippen molar-refractivity contribution in [2.24, 2.45) is 5.92 Å². The van der Waals surface area contributed by atoms with Gasteiger partial charge >= 0.3 is 0 Å². The molecule has 1 saturated heterocycles. The van der Waals surface area contributed by atoms with Gasteiger partial charge in [-0.15, -0.1) is 0 Å². The summed E-state index contributed by atoms with van der Waals surface area (Å²) in [6, 6.07) is 2.02. The third-order valence-electron chi connectivity index (χ3n) is 3.81. The summed E-state index contributed by atoms with van der Waals surface area (Å²) in [7, 11) is -3.44. The van der Waals surface area contributed by atoms with Gasteiger partial charge in [-0.1, -0.05) is 0 Å². The summed E-state index contributed by atoms with van der Waals surface area (Å²) in [6.45, 7) is 4.02. The zero-order valence-electron chi connectivity index (χ0n) is 10.8. The average molecular weight is 271 g/mol. The van der Waals surface area contributed by atoms with Crippen molar-refractivity contribution in [3.63, 3.8) is 0 Å². The lowest BCUT2D eigenvalue weighted by Gasteiger charge is -2.30. The van der Waals surface area contributed by atoms with Gasteiger partial charge < -0.3 is 5.32 Å². The number of nitrogens with one attached hydrogen (secondary N) is 1. The molecule has 2 fully saturated rings. The van der Waals surface area contributed by atoms with Gasteiger partial charge in [0, 0.05) is 12.6 Å². The maximum absolute atomic E-state index is 12.3. The summed E-state index contributed by atoms with van der Waals surface area (Å²) in [4.78, 5) is 0. The molecule has 0 spiro atoms. The molecule has 102 valence electrons. The van der Waals surface area contributed by atoms with Crippen LogP contribution in [0.5, 0.6) is 0 Å². The second-order valence-corrected chi connectivity index (χ2v) is 7.52. The minimum atomic E-state index is -3.44. The maximum atomic E-state index is 12.3. The topological polar surface area (TPSA) is 73.2 Å². The van der Waals surface area contributed by atoms with Crippen molar-refractivity contribution in [3.8, 4) is 6.07 Å². The van der Waals surface area contributed by atoms with E-state index in [-0.39, 0.29) is 6.04 Å². The summed E-state index contributed by atoms with van der Waals surface area (Å²) < 4.78 is 26.2. The molecule has 0 amide bonds. The van der Waals surface area contributed by atoms with Gasteiger partial charge in [0.25, 0.3) is 0 Å². The second-order valence-electron chi connectivity index (χ2n) is 5.31. The van der Waals surface area contributed by atoms with E-state index < -0.39 is 15.3 Å². The van der Waals surface area contributed by atoms with E-state index in [9.17, 15) is 8.42 Å². The van der Waals surface area contributed by atoms with Gasteiger partial charge in [-0.2, -0.15) is 9.57 Å². The van der Waals surface area contributed by atoms with Crippen molar-refractivity contribution in [1.82, 2.24) is 9.62 Å². The second kappa shape index (κ2) is 5.55. The molecule has 2 aliphatic rings. The van der Waals surface area contributed by atoms with Crippen LogP contribution in [0.1, 0.15) is 32.6 Å². The first-order valence-electron chi connectivity index (χ1n) is 6.66. The van der Waals surface area contributed by atoms with Gasteiger partial charge in [0.05, 0.1) is 6.07 Å². The number of rotatable bonds is 5. The van der Waals surface area contributed by atoms with Gasteiger partial charge in [-0.05, 0) is 51.6 Å². The van der Waals surface area contributed by atoms with E-state index in [1.807, 2.05) is 6.07 Å². The molecule has 0 aromatic carbocycles. The van der Waals surface area contributed by atoms with Crippen molar-refractivity contribution >= 4 is 10.0 Å². The number of piperidine rings is 1. The molecule has 2 rings (SSSR count). The van der Waals surface area contributed by atoms with E-state index in [0.29, 0.717) is 12.5 Å². The number of nitrogens with zero attached hydrogens (tertiary/aromatic N) is 2. The van der Waals surface area contributed by atoms with Crippen LogP contribution in [0.15, 0.2) is 0 Å². The fourth-order valence-corrected chi connectivity index (χ4v) is 4.00. The molecule has 1 aliphatic heterocycles. The Morgan fingerprint density at radius 2 is 1.94 bits per heavy atom. The third kappa shape index (κ3) is 3.02. The fourth-order valence-electron chi connectivity index (χ4n) is 2.41. The Morgan fingerprint density at radius 1 is 1.33 bits per heavy atom. The smallest absolute Gasteiger partial charge is 0.230 e. The van der Waals surface area contributed by atoms with Crippen LogP contribution in [-0.4, -0.2) is 43.6 Å². The first-order chi connectivity index (χ1) is 8.55. The zero-order chi connectivity index (χ0) is 13.2. The predicted molar refractivity (Wildman–Crippen MR) is 69.3 cm³/mol. The van der Waals surface area contributed by atoms with E-state index >= 15 is 0 Å². The largest absolute Gasteiger partial charge is 0.317 e. The highest BCUT2D eigenvalue weighted by molar-refractivity contribution is 7.90. The lowest BCUT2D eigenvalue weighted by atomic mass is 9.98. The van der Waals surface area contributed by atoms with E-state index in [1.54, 1.807) is 4.31 Å². The van der Waals surface area contributed by atoms with Crippen molar-refractivity contribution in [2.45, 2.75) is 43.9 Å². The summed E-state index contributed by atoms with van der Waals surface area (Å²) in [5.41, 5.74) is 0. The molecule has 1 atom stereocenters. The quantitative estimate of drug-likeness (QED) is 0.798. The zero-order valence-corrected chi connectivity index (χ0v) is 11.6. The Labute approximate surface area is 109 Å². The van der Waals surface area contributed by atoms with Crippen molar-refractivity contribution in [3.05, 3.63) is 0 Å². The summed E-state index contributed by atoms with van der Waals surface area (Å²) in [5, 5.41) is 11.2. The standard InChI is InChI=1S/C12H21N3O2S/c1-10(8-13)18(16,17)15(12-2-3-12)9-11-4-6-14-7-5-11/h10-12,14H,2-7,9H2,1H3. The van der Waals surface area contributed by atoms with Crippen molar-refractivity contribution < 1.29 is 8.42 Å². The molecule has 1 unspecified atom stereocenters. The monoisotopic (exact) mass is 271 g/mol. The molecule has 1 saturated carbocycles. The summed E-state index contributed by atoms with van der Waals surface area (Å²) in [6.07, 6.45) is 3.95. The first kappa shape index (κ1) is 13.8. The average Bonchev–Trinajstić information content (AvgIpc) is 3.20. The Hall–Kier alpha value is -0.640. The molecule has 5 nitrogen and oxygen atoms in total. The van der Waals surface area contributed by atoms with Crippen LogP contribution in [-0.2, 0) is 10.0 Å². The number of nitriles is 1. The van der Waals surface area contributed by atoms with E-state index in [4.69, 9.17) is 5.26 Å². The van der Waals surface area contributed by atoms with E-state index in [2.05, 4.69) is 5.32 Å². The van der Waals surface area contributed by atoms with Crippen molar-refractivity contribution in [2.75, 3.05) is 19.6 Å². The van der Waals surface area contributed by atoms with Crippen LogP contribution < -0.4 is 5.32 Å². The molecule has 0 aromatic rings. The molecular formula is C12H21N3O2S. The van der Waals surface area contributed by atoms with Crippen LogP contribution in [0.25, 0.3) is 0 Å².